The fourth-order valence-corrected chi connectivity index (χ4v) is 1.34. The van der Waals surface area contributed by atoms with Gasteiger partial charge in [-0.15, -0.1) is 0 Å². The summed E-state index contributed by atoms with van der Waals surface area (Å²) < 4.78 is 23.2. The van der Waals surface area contributed by atoms with Crippen LogP contribution in [0.5, 0.6) is 5.75 Å². The topological polar surface area (TPSA) is 59.6 Å². The predicted octanol–water partition coefficient (Wildman–Crippen LogP) is 2.36. The molecule has 1 aromatic rings. The number of hydrogen-bond donors (Lipinski definition) is 2. The van der Waals surface area contributed by atoms with Crippen molar-refractivity contribution in [2.45, 2.75) is 32.9 Å². The van der Waals surface area contributed by atoms with Crippen molar-refractivity contribution < 1.29 is 18.7 Å². The van der Waals surface area contributed by atoms with Crippen LogP contribution in [-0.2, 0) is 11.3 Å². The maximum Gasteiger partial charge on any atom is 0.422 e. The molecule has 0 aliphatic carbocycles. The number of hydrogen-bond acceptors (Lipinski definition) is 4. The van der Waals surface area contributed by atoms with Gasteiger partial charge in [0.05, 0.1) is 7.11 Å². The van der Waals surface area contributed by atoms with E-state index in [0.29, 0.717) is 5.56 Å². The van der Waals surface area contributed by atoms with E-state index < -0.39 is 17.5 Å². The SMILES string of the molecule is COc1ccc(CNNC(=O)OC(C)(C)C)cc1F. The first-order valence-corrected chi connectivity index (χ1v) is 5.86. The van der Waals surface area contributed by atoms with Gasteiger partial charge in [0.2, 0.25) is 0 Å². The Morgan fingerprint density at radius 2 is 2.05 bits per heavy atom. The summed E-state index contributed by atoms with van der Waals surface area (Å²) in [6.45, 7) is 5.59. The Labute approximate surface area is 112 Å². The second-order valence-corrected chi connectivity index (χ2v) is 4.95. The lowest BCUT2D eigenvalue weighted by Gasteiger charge is -2.19. The maximum absolute atomic E-state index is 13.4. The van der Waals surface area contributed by atoms with Gasteiger partial charge in [0.1, 0.15) is 5.60 Å². The standard InChI is InChI=1S/C13H19FN2O3/c1-13(2,3)19-12(17)16-15-8-9-5-6-11(18-4)10(14)7-9/h5-7,15H,8H2,1-4H3,(H,16,17). The van der Waals surface area contributed by atoms with Gasteiger partial charge in [-0.25, -0.2) is 14.6 Å². The van der Waals surface area contributed by atoms with Gasteiger partial charge in [-0.3, -0.25) is 5.43 Å². The van der Waals surface area contributed by atoms with Crippen LogP contribution in [-0.4, -0.2) is 18.8 Å². The third-order valence-corrected chi connectivity index (χ3v) is 2.10. The van der Waals surface area contributed by atoms with Gasteiger partial charge in [-0.1, -0.05) is 6.07 Å². The Hall–Kier alpha value is -1.82. The highest BCUT2D eigenvalue weighted by Gasteiger charge is 2.15. The molecule has 0 aliphatic rings. The minimum absolute atomic E-state index is 0.184. The molecule has 1 aromatic carbocycles. The van der Waals surface area contributed by atoms with E-state index in [-0.39, 0.29) is 12.3 Å². The molecule has 1 amide bonds. The molecule has 0 bridgehead atoms. The highest BCUT2D eigenvalue weighted by Crippen LogP contribution is 2.17. The molecule has 0 saturated carbocycles. The van der Waals surface area contributed by atoms with Gasteiger partial charge in [-0.2, -0.15) is 0 Å². The Morgan fingerprint density at radius 1 is 1.37 bits per heavy atom. The molecule has 2 N–H and O–H groups in total. The molecule has 6 heteroatoms. The zero-order valence-electron chi connectivity index (χ0n) is 11.5. The van der Waals surface area contributed by atoms with E-state index >= 15 is 0 Å². The van der Waals surface area contributed by atoms with Crippen LogP contribution in [0.4, 0.5) is 9.18 Å². The molecule has 0 aromatic heterocycles. The number of hydrazine groups is 1. The van der Waals surface area contributed by atoms with Crippen molar-refractivity contribution in [2.75, 3.05) is 7.11 Å². The number of carbonyl (C=O) groups is 1. The van der Waals surface area contributed by atoms with Crippen LogP contribution in [0.1, 0.15) is 26.3 Å². The van der Waals surface area contributed by atoms with E-state index in [2.05, 4.69) is 10.9 Å². The van der Waals surface area contributed by atoms with Gasteiger partial charge in [0.15, 0.2) is 11.6 Å². The lowest BCUT2D eigenvalue weighted by Crippen LogP contribution is -2.40. The van der Waals surface area contributed by atoms with E-state index in [1.165, 1.54) is 19.2 Å². The molecule has 0 saturated heterocycles. The van der Waals surface area contributed by atoms with Crippen LogP contribution in [0, 0.1) is 5.82 Å². The summed E-state index contributed by atoms with van der Waals surface area (Å²) in [5.41, 5.74) is 5.15. The van der Waals surface area contributed by atoms with Crippen molar-refractivity contribution in [3.8, 4) is 5.75 Å². The zero-order chi connectivity index (χ0) is 14.5. The number of ether oxygens (including phenoxy) is 2. The molecule has 0 radical (unpaired) electrons. The Balaban J connectivity index is 2.41. The Kier molecular flexibility index (Phi) is 5.11. The number of halogens is 1. The molecular weight excluding hydrogens is 251 g/mol. The van der Waals surface area contributed by atoms with Crippen LogP contribution in [0.3, 0.4) is 0 Å². The van der Waals surface area contributed by atoms with Crippen LogP contribution in [0.15, 0.2) is 18.2 Å². The van der Waals surface area contributed by atoms with Crippen LogP contribution >= 0.6 is 0 Å². The van der Waals surface area contributed by atoms with Gasteiger partial charge in [0.25, 0.3) is 0 Å². The summed E-state index contributed by atoms with van der Waals surface area (Å²) in [5, 5.41) is 0. The van der Waals surface area contributed by atoms with E-state index in [0.717, 1.165) is 0 Å². The fraction of sp³-hybridized carbons (Fsp3) is 0.462. The van der Waals surface area contributed by atoms with Crippen LogP contribution < -0.4 is 15.6 Å². The van der Waals surface area contributed by atoms with Gasteiger partial charge < -0.3 is 9.47 Å². The molecular formula is C13H19FN2O3. The van der Waals surface area contributed by atoms with Gasteiger partial charge in [-0.05, 0) is 38.5 Å². The largest absolute Gasteiger partial charge is 0.494 e. The molecule has 0 aliphatic heterocycles. The van der Waals surface area contributed by atoms with Crippen molar-refractivity contribution >= 4 is 6.09 Å². The summed E-state index contributed by atoms with van der Waals surface area (Å²) in [7, 11) is 1.40. The predicted molar refractivity (Wildman–Crippen MR) is 69.2 cm³/mol. The molecule has 0 fully saturated rings. The van der Waals surface area contributed by atoms with Crippen LogP contribution in [0.2, 0.25) is 0 Å². The summed E-state index contributed by atoms with van der Waals surface area (Å²) in [6, 6.07) is 4.56. The number of amides is 1. The van der Waals surface area contributed by atoms with Crippen molar-refractivity contribution in [3.63, 3.8) is 0 Å². The monoisotopic (exact) mass is 270 g/mol. The molecule has 106 valence electrons. The molecule has 0 heterocycles. The number of rotatable bonds is 4. The Bertz CT molecular complexity index is 444. The van der Waals surface area contributed by atoms with E-state index in [1.54, 1.807) is 26.8 Å². The highest BCUT2D eigenvalue weighted by atomic mass is 19.1. The smallest absolute Gasteiger partial charge is 0.422 e. The Morgan fingerprint density at radius 3 is 2.58 bits per heavy atom. The number of carbonyl (C=O) groups excluding carboxylic acids is 1. The minimum atomic E-state index is -0.582. The first kappa shape index (κ1) is 15.2. The van der Waals surface area contributed by atoms with Gasteiger partial charge in [0, 0.05) is 6.54 Å². The van der Waals surface area contributed by atoms with Crippen molar-refractivity contribution in [1.29, 1.82) is 0 Å². The van der Waals surface area contributed by atoms with Crippen molar-refractivity contribution in [2.24, 2.45) is 0 Å². The van der Waals surface area contributed by atoms with Gasteiger partial charge >= 0.3 is 6.09 Å². The van der Waals surface area contributed by atoms with Crippen molar-refractivity contribution in [1.82, 2.24) is 10.9 Å². The number of benzene rings is 1. The summed E-state index contributed by atoms with van der Waals surface area (Å²) in [4.78, 5) is 11.3. The van der Waals surface area contributed by atoms with Crippen molar-refractivity contribution in [3.05, 3.63) is 29.6 Å². The second-order valence-electron chi connectivity index (χ2n) is 4.95. The first-order valence-electron chi connectivity index (χ1n) is 5.86. The summed E-state index contributed by atoms with van der Waals surface area (Å²) >= 11 is 0. The third-order valence-electron chi connectivity index (χ3n) is 2.10. The quantitative estimate of drug-likeness (QED) is 0.825. The molecule has 19 heavy (non-hydrogen) atoms. The normalized spacial score (nSPS) is 11.0. The lowest BCUT2D eigenvalue weighted by atomic mass is 10.2. The molecule has 0 spiro atoms. The fourth-order valence-electron chi connectivity index (χ4n) is 1.34. The van der Waals surface area contributed by atoms with Crippen LogP contribution in [0.25, 0.3) is 0 Å². The molecule has 5 nitrogen and oxygen atoms in total. The summed E-state index contributed by atoms with van der Waals surface area (Å²) in [6.07, 6.45) is -0.582. The average Bonchev–Trinajstić information content (AvgIpc) is 2.26. The first-order chi connectivity index (χ1) is 8.81. The minimum Gasteiger partial charge on any atom is -0.494 e. The molecule has 1 rings (SSSR count). The second kappa shape index (κ2) is 6.38. The van der Waals surface area contributed by atoms with E-state index in [1.807, 2.05) is 0 Å². The zero-order valence-corrected chi connectivity index (χ0v) is 11.5. The molecule has 0 atom stereocenters. The molecule has 0 unspecified atom stereocenters. The number of methoxy groups -OCH3 is 1. The average molecular weight is 270 g/mol. The van der Waals surface area contributed by atoms with E-state index in [4.69, 9.17) is 9.47 Å². The highest BCUT2D eigenvalue weighted by molar-refractivity contribution is 5.66. The maximum atomic E-state index is 13.4. The number of nitrogens with one attached hydrogen (secondary N) is 2. The third kappa shape index (κ3) is 5.56. The summed E-state index contributed by atoms with van der Waals surface area (Å²) in [5.74, 6) is -0.261. The lowest BCUT2D eigenvalue weighted by molar-refractivity contribution is 0.0497. The van der Waals surface area contributed by atoms with E-state index in [9.17, 15) is 9.18 Å².